The molecule has 2 aromatic carbocycles. The molecule has 3 aromatic heterocycles. The third kappa shape index (κ3) is 5.05. The van der Waals surface area contributed by atoms with Gasteiger partial charge in [-0.1, -0.05) is 69.3 Å². The summed E-state index contributed by atoms with van der Waals surface area (Å²) >= 11 is 0. The zero-order valence-electron chi connectivity index (χ0n) is 21.9. The Labute approximate surface area is 218 Å². The van der Waals surface area contributed by atoms with Crippen molar-refractivity contribution in [1.29, 1.82) is 0 Å². The number of benzene rings is 2. The monoisotopic (exact) mass is 514 g/mol. The first-order valence-electron chi connectivity index (χ1n) is 12.4. The standard InChI is InChI=1S/C27H30N8O3/c1-27(2,3)15-21-28-24-22(25(36)29-26(37)34(24)13-14-38-4)35(21)16-17-9-11-18(12-10-17)19-7-5-6-8-20(19)23-30-32-33-31-23/h5-12H,13-16H2,1-4H3,(H,29,36,37)(H,30,31,32,33). The van der Waals surface area contributed by atoms with Crippen LogP contribution in [-0.2, 0) is 24.2 Å². The number of hydrogen-bond donors (Lipinski definition) is 2. The molecule has 2 N–H and O–H groups in total. The molecule has 0 spiro atoms. The Hall–Kier alpha value is -4.38. The van der Waals surface area contributed by atoms with E-state index in [1.165, 1.54) is 4.57 Å². The minimum Gasteiger partial charge on any atom is -0.383 e. The van der Waals surface area contributed by atoms with Crippen LogP contribution in [0.5, 0.6) is 0 Å². The minimum atomic E-state index is -0.490. The number of H-pyrrole nitrogens is 2. The Bertz CT molecular complexity index is 1670. The molecule has 38 heavy (non-hydrogen) atoms. The Morgan fingerprint density at radius 3 is 2.37 bits per heavy atom. The number of fused-ring (bicyclic) bond motifs is 1. The molecule has 5 rings (SSSR count). The maximum atomic E-state index is 13.0. The number of methoxy groups -OCH3 is 1. The van der Waals surface area contributed by atoms with Gasteiger partial charge in [-0.15, -0.1) is 10.2 Å². The number of imidazole rings is 1. The van der Waals surface area contributed by atoms with Crippen LogP contribution in [-0.4, -0.2) is 53.4 Å². The van der Waals surface area contributed by atoms with Gasteiger partial charge in [0.15, 0.2) is 11.2 Å². The molecule has 11 heteroatoms. The molecule has 0 atom stereocenters. The van der Waals surface area contributed by atoms with Crippen LogP contribution in [0.15, 0.2) is 58.1 Å². The fraction of sp³-hybridized carbons (Fsp3) is 0.333. The number of aromatic nitrogens is 8. The number of aromatic amines is 2. The van der Waals surface area contributed by atoms with Crippen molar-refractivity contribution in [1.82, 2.24) is 39.7 Å². The van der Waals surface area contributed by atoms with Gasteiger partial charge in [0.1, 0.15) is 5.82 Å². The summed E-state index contributed by atoms with van der Waals surface area (Å²) in [6.45, 7) is 7.41. The lowest BCUT2D eigenvalue weighted by atomic mass is 9.92. The second kappa shape index (κ2) is 10.2. The van der Waals surface area contributed by atoms with E-state index in [0.717, 1.165) is 28.1 Å². The molecule has 0 saturated carbocycles. The molecule has 0 aliphatic carbocycles. The molecular formula is C27H30N8O3. The number of hydrogen-bond acceptors (Lipinski definition) is 7. The lowest BCUT2D eigenvalue weighted by Crippen LogP contribution is -2.32. The number of nitrogens with zero attached hydrogens (tertiary/aromatic N) is 6. The second-order valence-corrected chi connectivity index (χ2v) is 10.4. The summed E-state index contributed by atoms with van der Waals surface area (Å²) < 4.78 is 8.57. The van der Waals surface area contributed by atoms with Gasteiger partial charge in [-0.3, -0.25) is 14.3 Å². The lowest BCUT2D eigenvalue weighted by Gasteiger charge is -2.18. The maximum Gasteiger partial charge on any atom is 0.330 e. The number of rotatable bonds is 8. The normalized spacial score (nSPS) is 11.9. The van der Waals surface area contributed by atoms with E-state index >= 15 is 0 Å². The highest BCUT2D eigenvalue weighted by atomic mass is 16.5. The van der Waals surface area contributed by atoms with E-state index in [4.69, 9.17) is 9.72 Å². The van der Waals surface area contributed by atoms with E-state index in [1.807, 2.05) is 53.1 Å². The first-order valence-corrected chi connectivity index (χ1v) is 12.4. The highest BCUT2D eigenvalue weighted by molar-refractivity contribution is 5.80. The Morgan fingerprint density at radius 2 is 1.71 bits per heavy atom. The van der Waals surface area contributed by atoms with E-state index in [0.29, 0.717) is 43.1 Å². The van der Waals surface area contributed by atoms with Crippen molar-refractivity contribution in [2.24, 2.45) is 5.41 Å². The third-order valence-corrected chi connectivity index (χ3v) is 6.29. The molecule has 0 fully saturated rings. The minimum absolute atomic E-state index is 0.0771. The molecule has 11 nitrogen and oxygen atoms in total. The van der Waals surface area contributed by atoms with E-state index in [1.54, 1.807) is 7.11 Å². The van der Waals surface area contributed by atoms with Crippen LogP contribution in [0.25, 0.3) is 33.7 Å². The molecule has 0 aliphatic heterocycles. The summed E-state index contributed by atoms with van der Waals surface area (Å²) in [7, 11) is 1.57. The molecular weight excluding hydrogens is 484 g/mol. The van der Waals surface area contributed by atoms with Gasteiger partial charge in [0.2, 0.25) is 5.82 Å². The highest BCUT2D eigenvalue weighted by Gasteiger charge is 2.23. The molecule has 0 aliphatic rings. The molecule has 196 valence electrons. The van der Waals surface area contributed by atoms with E-state index in [9.17, 15) is 9.59 Å². The van der Waals surface area contributed by atoms with Crippen LogP contribution in [0.3, 0.4) is 0 Å². The fourth-order valence-electron chi connectivity index (χ4n) is 4.57. The van der Waals surface area contributed by atoms with Crippen LogP contribution in [0.2, 0.25) is 0 Å². The molecule has 0 radical (unpaired) electrons. The summed E-state index contributed by atoms with van der Waals surface area (Å²) in [5, 5.41) is 14.4. The van der Waals surface area contributed by atoms with Gasteiger partial charge in [0.05, 0.1) is 13.2 Å². The highest BCUT2D eigenvalue weighted by Crippen LogP contribution is 2.30. The van der Waals surface area contributed by atoms with Crippen molar-refractivity contribution in [3.63, 3.8) is 0 Å². The predicted molar refractivity (Wildman–Crippen MR) is 144 cm³/mol. The van der Waals surface area contributed by atoms with Gasteiger partial charge in [0, 0.05) is 25.6 Å². The van der Waals surface area contributed by atoms with Crippen molar-refractivity contribution in [3.05, 3.63) is 80.8 Å². The Kier molecular flexibility index (Phi) is 6.77. The summed E-state index contributed by atoms with van der Waals surface area (Å²) in [4.78, 5) is 32.9. The van der Waals surface area contributed by atoms with Crippen molar-refractivity contribution in [3.8, 4) is 22.5 Å². The second-order valence-electron chi connectivity index (χ2n) is 10.4. The largest absolute Gasteiger partial charge is 0.383 e. The molecule has 0 bridgehead atoms. The SMILES string of the molecule is COCCn1c(=O)[nH]c(=O)c2c1nc(CC(C)(C)C)n2Cc1ccc(-c2ccccc2-c2nn[nH]n2)cc1. The molecule has 0 amide bonds. The smallest absolute Gasteiger partial charge is 0.330 e. The van der Waals surface area contributed by atoms with E-state index < -0.39 is 11.2 Å². The van der Waals surface area contributed by atoms with Gasteiger partial charge in [-0.05, 0) is 27.3 Å². The maximum absolute atomic E-state index is 13.0. The van der Waals surface area contributed by atoms with Crippen LogP contribution in [0.1, 0.15) is 32.2 Å². The van der Waals surface area contributed by atoms with Crippen LogP contribution in [0.4, 0.5) is 0 Å². The third-order valence-electron chi connectivity index (χ3n) is 6.29. The van der Waals surface area contributed by atoms with Gasteiger partial charge in [-0.2, -0.15) is 5.21 Å². The van der Waals surface area contributed by atoms with Gasteiger partial charge in [0.25, 0.3) is 5.56 Å². The van der Waals surface area contributed by atoms with E-state index in [2.05, 4.69) is 46.4 Å². The Balaban J connectivity index is 1.56. The molecule has 5 aromatic rings. The summed E-state index contributed by atoms with van der Waals surface area (Å²) in [5.41, 5.74) is 3.61. The first-order chi connectivity index (χ1) is 18.2. The zero-order chi connectivity index (χ0) is 26.9. The average Bonchev–Trinajstić information content (AvgIpc) is 3.53. The van der Waals surface area contributed by atoms with Crippen LogP contribution in [0, 0.1) is 5.41 Å². The van der Waals surface area contributed by atoms with Crippen molar-refractivity contribution in [2.75, 3.05) is 13.7 Å². The molecule has 0 unspecified atom stereocenters. The predicted octanol–water partition coefficient (Wildman–Crippen LogP) is 3.02. The summed E-state index contributed by atoms with van der Waals surface area (Å²) in [5.74, 6) is 1.28. The fourth-order valence-corrected chi connectivity index (χ4v) is 4.57. The number of ether oxygens (including phenoxy) is 1. The van der Waals surface area contributed by atoms with Crippen molar-refractivity contribution >= 4 is 11.2 Å². The first kappa shape index (κ1) is 25.3. The lowest BCUT2D eigenvalue weighted by molar-refractivity contribution is 0.187. The van der Waals surface area contributed by atoms with Crippen molar-refractivity contribution < 1.29 is 4.74 Å². The van der Waals surface area contributed by atoms with Crippen molar-refractivity contribution in [2.45, 2.75) is 40.3 Å². The Morgan fingerprint density at radius 1 is 0.974 bits per heavy atom. The average molecular weight is 515 g/mol. The quantitative estimate of drug-likeness (QED) is 0.325. The van der Waals surface area contributed by atoms with Gasteiger partial charge < -0.3 is 9.30 Å². The summed E-state index contributed by atoms with van der Waals surface area (Å²) in [6.07, 6.45) is 0.635. The molecule has 3 heterocycles. The van der Waals surface area contributed by atoms with Crippen LogP contribution >= 0.6 is 0 Å². The summed E-state index contributed by atoms with van der Waals surface area (Å²) in [6, 6.07) is 16.0. The number of nitrogens with one attached hydrogen (secondary N) is 2. The van der Waals surface area contributed by atoms with E-state index in [-0.39, 0.29) is 5.41 Å². The van der Waals surface area contributed by atoms with Gasteiger partial charge >= 0.3 is 5.69 Å². The number of tetrazole rings is 1. The van der Waals surface area contributed by atoms with Crippen LogP contribution < -0.4 is 11.2 Å². The van der Waals surface area contributed by atoms with Gasteiger partial charge in [-0.25, -0.2) is 9.78 Å². The molecule has 0 saturated heterocycles. The topological polar surface area (TPSA) is 136 Å². The zero-order valence-corrected chi connectivity index (χ0v) is 21.9.